The molecule has 0 aliphatic heterocycles. The fraction of sp³-hybridized carbons (Fsp3) is 0.308. The molecule has 0 bridgehead atoms. The number of rotatable bonds is 5. The Bertz CT molecular complexity index is 645. The van der Waals surface area contributed by atoms with Gasteiger partial charge in [-0.3, -0.25) is 4.68 Å². The molecule has 2 aromatic rings. The average Bonchev–Trinajstić information content (AvgIpc) is 2.77. The van der Waals surface area contributed by atoms with Crippen molar-refractivity contribution in [2.24, 2.45) is 0 Å². The van der Waals surface area contributed by atoms with Gasteiger partial charge in [0.05, 0.1) is 11.9 Å². The zero-order valence-corrected chi connectivity index (χ0v) is 11.6. The lowest BCUT2D eigenvalue weighted by Gasteiger charge is -2.00. The van der Waals surface area contributed by atoms with Gasteiger partial charge >= 0.3 is 0 Å². The van der Waals surface area contributed by atoms with Crippen molar-refractivity contribution >= 4 is 15.5 Å². The maximum Gasteiger partial charge on any atom is 0.147 e. The molecule has 0 unspecified atom stereocenters. The zero-order valence-electron chi connectivity index (χ0n) is 10.8. The van der Waals surface area contributed by atoms with Gasteiger partial charge in [0.25, 0.3) is 0 Å². The Hall–Kier alpha value is -1.82. The molecule has 19 heavy (non-hydrogen) atoms. The summed E-state index contributed by atoms with van der Waals surface area (Å²) >= 11 is 0. The molecule has 0 atom stereocenters. The number of hydrogen-bond donors (Lipinski definition) is 1. The van der Waals surface area contributed by atoms with Gasteiger partial charge in [-0.2, -0.15) is 5.10 Å². The third kappa shape index (κ3) is 4.10. The molecular weight excluding hydrogens is 262 g/mol. The standard InChI is InChI=1S/C13H17N3O2S/c1-19(17,18)8-2-7-16-10-12(9-15-16)11-3-5-13(14)6-4-11/h3-6,9-10H,2,7-8,14H2,1H3. The zero-order chi connectivity index (χ0) is 13.9. The molecule has 1 aromatic carbocycles. The third-order valence-electron chi connectivity index (χ3n) is 2.78. The molecule has 1 aromatic heterocycles. The summed E-state index contributed by atoms with van der Waals surface area (Å²) in [5, 5.41) is 4.23. The van der Waals surface area contributed by atoms with E-state index in [9.17, 15) is 8.42 Å². The van der Waals surface area contributed by atoms with Crippen LogP contribution in [0.2, 0.25) is 0 Å². The van der Waals surface area contributed by atoms with Crippen molar-refractivity contribution in [3.63, 3.8) is 0 Å². The Morgan fingerprint density at radius 1 is 1.21 bits per heavy atom. The summed E-state index contributed by atoms with van der Waals surface area (Å²) in [7, 11) is -2.90. The van der Waals surface area contributed by atoms with Gasteiger partial charge in [0.2, 0.25) is 0 Å². The highest BCUT2D eigenvalue weighted by molar-refractivity contribution is 7.90. The second kappa shape index (κ2) is 5.44. The summed E-state index contributed by atoms with van der Waals surface area (Å²) in [5.74, 6) is 0.185. The van der Waals surface area contributed by atoms with Gasteiger partial charge in [0, 0.05) is 30.2 Å². The second-order valence-corrected chi connectivity index (χ2v) is 6.86. The smallest absolute Gasteiger partial charge is 0.147 e. The summed E-state index contributed by atoms with van der Waals surface area (Å²) in [6, 6.07) is 7.56. The Morgan fingerprint density at radius 3 is 2.53 bits per heavy atom. The van der Waals surface area contributed by atoms with Crippen LogP contribution in [0.5, 0.6) is 0 Å². The molecule has 2 N–H and O–H groups in total. The van der Waals surface area contributed by atoms with Crippen molar-refractivity contribution in [3.05, 3.63) is 36.7 Å². The highest BCUT2D eigenvalue weighted by Crippen LogP contribution is 2.19. The Labute approximate surface area is 113 Å². The molecule has 5 nitrogen and oxygen atoms in total. The largest absolute Gasteiger partial charge is 0.399 e. The average molecular weight is 279 g/mol. The fourth-order valence-corrected chi connectivity index (χ4v) is 2.45. The van der Waals surface area contributed by atoms with Gasteiger partial charge in [0.1, 0.15) is 9.84 Å². The summed E-state index contributed by atoms with van der Waals surface area (Å²) in [6.45, 7) is 0.599. The number of sulfone groups is 1. The molecule has 102 valence electrons. The molecular formula is C13H17N3O2S. The summed E-state index contributed by atoms with van der Waals surface area (Å²) in [6.07, 6.45) is 5.50. The van der Waals surface area contributed by atoms with Crippen molar-refractivity contribution < 1.29 is 8.42 Å². The number of aryl methyl sites for hydroxylation is 1. The maximum atomic E-state index is 11.0. The Kier molecular flexibility index (Phi) is 3.90. The van der Waals surface area contributed by atoms with E-state index in [0.29, 0.717) is 13.0 Å². The van der Waals surface area contributed by atoms with Gasteiger partial charge in [0.15, 0.2) is 0 Å². The van der Waals surface area contributed by atoms with E-state index in [1.807, 2.05) is 30.5 Å². The van der Waals surface area contributed by atoms with E-state index in [1.165, 1.54) is 6.26 Å². The predicted octanol–water partition coefficient (Wildman–Crippen LogP) is 1.57. The first kappa shape index (κ1) is 13.6. The molecule has 0 radical (unpaired) electrons. The quantitative estimate of drug-likeness (QED) is 0.843. The van der Waals surface area contributed by atoms with Crippen LogP contribution in [-0.2, 0) is 16.4 Å². The number of aromatic nitrogens is 2. The lowest BCUT2D eigenvalue weighted by molar-refractivity contribution is 0.576. The molecule has 0 fully saturated rings. The summed E-state index contributed by atoms with van der Waals surface area (Å²) in [5.41, 5.74) is 8.41. The van der Waals surface area contributed by atoms with Crippen LogP contribution in [0.25, 0.3) is 11.1 Å². The molecule has 0 aliphatic rings. The van der Waals surface area contributed by atoms with E-state index in [0.717, 1.165) is 16.8 Å². The van der Waals surface area contributed by atoms with Gasteiger partial charge < -0.3 is 5.73 Å². The van der Waals surface area contributed by atoms with Gasteiger partial charge in [-0.25, -0.2) is 8.42 Å². The van der Waals surface area contributed by atoms with Crippen LogP contribution in [0.4, 0.5) is 5.69 Å². The fourth-order valence-electron chi connectivity index (χ4n) is 1.80. The first-order valence-electron chi connectivity index (χ1n) is 6.00. The highest BCUT2D eigenvalue weighted by atomic mass is 32.2. The van der Waals surface area contributed by atoms with Crippen molar-refractivity contribution in [3.8, 4) is 11.1 Å². The molecule has 0 spiro atoms. The van der Waals surface area contributed by atoms with Crippen LogP contribution in [-0.4, -0.2) is 30.2 Å². The molecule has 6 heteroatoms. The van der Waals surface area contributed by atoms with E-state index in [1.54, 1.807) is 10.9 Å². The highest BCUT2D eigenvalue weighted by Gasteiger charge is 2.04. The van der Waals surface area contributed by atoms with Crippen LogP contribution >= 0.6 is 0 Å². The molecule has 1 heterocycles. The molecule has 0 amide bonds. The minimum Gasteiger partial charge on any atom is -0.399 e. The maximum absolute atomic E-state index is 11.0. The summed E-state index contributed by atoms with van der Waals surface area (Å²) in [4.78, 5) is 0. The first-order chi connectivity index (χ1) is 8.94. The monoisotopic (exact) mass is 279 g/mol. The number of nitrogens with two attached hydrogens (primary N) is 1. The number of hydrogen-bond acceptors (Lipinski definition) is 4. The second-order valence-electron chi connectivity index (χ2n) is 4.60. The van der Waals surface area contributed by atoms with Crippen LogP contribution in [0, 0.1) is 0 Å². The number of benzene rings is 1. The van der Waals surface area contributed by atoms with Crippen molar-refractivity contribution in [1.29, 1.82) is 0 Å². The lowest BCUT2D eigenvalue weighted by atomic mass is 10.1. The minimum atomic E-state index is -2.90. The van der Waals surface area contributed by atoms with E-state index < -0.39 is 9.84 Å². The number of nitrogens with zero attached hydrogens (tertiary/aromatic N) is 2. The molecule has 0 saturated heterocycles. The van der Waals surface area contributed by atoms with Crippen LogP contribution in [0.3, 0.4) is 0 Å². The molecule has 2 rings (SSSR count). The van der Waals surface area contributed by atoms with E-state index in [-0.39, 0.29) is 5.75 Å². The molecule has 0 aliphatic carbocycles. The van der Waals surface area contributed by atoms with Crippen LogP contribution in [0.15, 0.2) is 36.7 Å². The molecule has 0 saturated carbocycles. The van der Waals surface area contributed by atoms with Crippen LogP contribution < -0.4 is 5.73 Å². The Morgan fingerprint density at radius 2 is 1.89 bits per heavy atom. The number of nitrogen functional groups attached to an aromatic ring is 1. The van der Waals surface area contributed by atoms with Gasteiger partial charge in [-0.1, -0.05) is 12.1 Å². The van der Waals surface area contributed by atoms with Crippen LogP contribution in [0.1, 0.15) is 6.42 Å². The SMILES string of the molecule is CS(=O)(=O)CCCn1cc(-c2ccc(N)cc2)cn1. The topological polar surface area (TPSA) is 78.0 Å². The van der Waals surface area contributed by atoms with Gasteiger partial charge in [-0.15, -0.1) is 0 Å². The lowest BCUT2D eigenvalue weighted by Crippen LogP contribution is -2.07. The Balaban J connectivity index is 2.01. The van der Waals surface area contributed by atoms with Crippen molar-refractivity contribution in [2.45, 2.75) is 13.0 Å². The normalized spacial score (nSPS) is 11.6. The first-order valence-corrected chi connectivity index (χ1v) is 8.06. The third-order valence-corrected chi connectivity index (χ3v) is 3.81. The van der Waals surface area contributed by atoms with Gasteiger partial charge in [-0.05, 0) is 24.1 Å². The van der Waals surface area contributed by atoms with Crippen molar-refractivity contribution in [2.75, 3.05) is 17.7 Å². The van der Waals surface area contributed by atoms with E-state index in [4.69, 9.17) is 5.73 Å². The van der Waals surface area contributed by atoms with Crippen molar-refractivity contribution in [1.82, 2.24) is 9.78 Å². The van der Waals surface area contributed by atoms with E-state index >= 15 is 0 Å². The summed E-state index contributed by atoms with van der Waals surface area (Å²) < 4.78 is 23.8. The number of anilines is 1. The predicted molar refractivity (Wildman–Crippen MR) is 76.4 cm³/mol. The minimum absolute atomic E-state index is 0.185. The van der Waals surface area contributed by atoms with E-state index in [2.05, 4.69) is 5.10 Å².